The quantitative estimate of drug-likeness (QED) is 0.670. The predicted octanol–water partition coefficient (Wildman–Crippen LogP) is 5.10. The number of nitrogens with zero attached hydrogens (tertiary/aromatic N) is 2. The van der Waals surface area contributed by atoms with Crippen LogP contribution in [-0.4, -0.2) is 54.0 Å². The van der Waals surface area contributed by atoms with E-state index in [0.29, 0.717) is 23.6 Å². The van der Waals surface area contributed by atoms with Crippen LogP contribution in [0.5, 0.6) is 5.75 Å². The molecule has 2 heterocycles. The van der Waals surface area contributed by atoms with E-state index in [2.05, 4.69) is 43.0 Å². The molecule has 0 radical (unpaired) electrons. The molecule has 0 unspecified atom stereocenters. The van der Waals surface area contributed by atoms with Crippen molar-refractivity contribution in [3.8, 4) is 5.75 Å². The Balaban J connectivity index is 1.26. The normalized spacial score (nSPS) is 19.0. The molecule has 0 spiro atoms. The molecule has 31 heavy (non-hydrogen) atoms. The van der Waals surface area contributed by atoms with Crippen molar-refractivity contribution in [1.29, 1.82) is 0 Å². The molecule has 4 rings (SSSR count). The number of piperidine rings is 2. The second-order valence-electron chi connectivity index (χ2n) is 9.09. The molecule has 2 aromatic rings. The lowest BCUT2D eigenvalue weighted by atomic mass is 9.89. The molecule has 5 heteroatoms. The molecule has 2 aromatic carbocycles. The van der Waals surface area contributed by atoms with Crippen LogP contribution in [0.25, 0.3) is 0 Å². The molecule has 166 valence electrons. The minimum absolute atomic E-state index is 0.00860. The van der Waals surface area contributed by atoms with Gasteiger partial charge in [0.25, 0.3) is 5.91 Å². The van der Waals surface area contributed by atoms with Gasteiger partial charge in [0.05, 0.1) is 0 Å². The van der Waals surface area contributed by atoms with Gasteiger partial charge < -0.3 is 14.5 Å². The van der Waals surface area contributed by atoms with E-state index < -0.39 is 0 Å². The third kappa shape index (κ3) is 5.45. The summed E-state index contributed by atoms with van der Waals surface area (Å²) in [5.74, 6) is 1.09. The van der Waals surface area contributed by atoms with Gasteiger partial charge in [-0.05, 0) is 87.4 Å². The number of carbonyl (C=O) groups excluding carboxylic acids is 1. The van der Waals surface area contributed by atoms with Gasteiger partial charge in [-0.25, -0.2) is 4.39 Å². The van der Waals surface area contributed by atoms with E-state index >= 15 is 0 Å². The zero-order valence-electron chi connectivity index (χ0n) is 18.6. The van der Waals surface area contributed by atoms with Gasteiger partial charge in [0.15, 0.2) is 0 Å². The number of amides is 1. The summed E-state index contributed by atoms with van der Waals surface area (Å²) in [6.45, 7) is 8.18. The summed E-state index contributed by atoms with van der Waals surface area (Å²) >= 11 is 0. The van der Waals surface area contributed by atoms with Crippen LogP contribution in [0.1, 0.15) is 61.4 Å². The van der Waals surface area contributed by atoms with Crippen LogP contribution in [-0.2, 0) is 0 Å². The van der Waals surface area contributed by atoms with Crippen molar-refractivity contribution >= 4 is 5.91 Å². The van der Waals surface area contributed by atoms with E-state index in [1.807, 2.05) is 4.90 Å². The van der Waals surface area contributed by atoms with Crippen LogP contribution in [0.3, 0.4) is 0 Å². The van der Waals surface area contributed by atoms with Crippen molar-refractivity contribution in [3.05, 3.63) is 65.5 Å². The highest BCUT2D eigenvalue weighted by Gasteiger charge is 2.25. The number of benzene rings is 2. The number of carbonyl (C=O) groups is 1. The van der Waals surface area contributed by atoms with E-state index in [1.165, 1.54) is 17.7 Å². The van der Waals surface area contributed by atoms with E-state index in [9.17, 15) is 9.18 Å². The standard InChI is InChI=1S/C26H33FN2O2/c1-19(2)28-17-13-25(14-18-28)31-24-9-5-20(6-10-24)21-11-15-29(16-12-21)26(30)22-3-7-23(27)8-4-22/h3-10,19,21,25H,11-18H2,1-2H3. The fraction of sp³-hybridized carbons (Fsp3) is 0.500. The van der Waals surface area contributed by atoms with Crippen LogP contribution in [0, 0.1) is 5.82 Å². The molecule has 4 nitrogen and oxygen atoms in total. The second-order valence-corrected chi connectivity index (χ2v) is 9.09. The molecule has 0 atom stereocenters. The summed E-state index contributed by atoms with van der Waals surface area (Å²) < 4.78 is 19.3. The predicted molar refractivity (Wildman–Crippen MR) is 121 cm³/mol. The van der Waals surface area contributed by atoms with Gasteiger partial charge in [-0.15, -0.1) is 0 Å². The maximum absolute atomic E-state index is 13.1. The number of likely N-dealkylation sites (tertiary alicyclic amines) is 2. The minimum atomic E-state index is -0.316. The summed E-state index contributed by atoms with van der Waals surface area (Å²) in [6.07, 6.45) is 4.37. The Kier molecular flexibility index (Phi) is 6.91. The molecular formula is C26H33FN2O2. The summed E-state index contributed by atoms with van der Waals surface area (Å²) in [4.78, 5) is 17.0. The first-order valence-corrected chi connectivity index (χ1v) is 11.5. The van der Waals surface area contributed by atoms with Crippen LogP contribution in [0.4, 0.5) is 4.39 Å². The topological polar surface area (TPSA) is 32.8 Å². The molecule has 0 N–H and O–H groups in total. The molecule has 2 saturated heterocycles. The zero-order chi connectivity index (χ0) is 21.8. The third-order valence-electron chi connectivity index (χ3n) is 6.73. The van der Waals surface area contributed by atoms with Crippen LogP contribution in [0.15, 0.2) is 48.5 Å². The van der Waals surface area contributed by atoms with Crippen molar-refractivity contribution < 1.29 is 13.9 Å². The molecule has 2 fully saturated rings. The van der Waals surface area contributed by atoms with Crippen LogP contribution in [0.2, 0.25) is 0 Å². The Morgan fingerprint density at radius 1 is 0.903 bits per heavy atom. The van der Waals surface area contributed by atoms with Gasteiger partial charge in [0.1, 0.15) is 17.7 Å². The monoisotopic (exact) mass is 424 g/mol. The number of ether oxygens (including phenoxy) is 1. The van der Waals surface area contributed by atoms with Crippen molar-refractivity contribution in [2.75, 3.05) is 26.2 Å². The van der Waals surface area contributed by atoms with Gasteiger partial charge in [-0.2, -0.15) is 0 Å². The Morgan fingerprint density at radius 3 is 2.10 bits per heavy atom. The summed E-state index contributed by atoms with van der Waals surface area (Å²) in [7, 11) is 0. The fourth-order valence-electron chi connectivity index (χ4n) is 4.71. The molecule has 2 aliphatic heterocycles. The maximum Gasteiger partial charge on any atom is 0.253 e. The summed E-state index contributed by atoms with van der Waals surface area (Å²) in [5.41, 5.74) is 1.87. The Morgan fingerprint density at radius 2 is 1.52 bits per heavy atom. The molecular weight excluding hydrogens is 391 g/mol. The van der Waals surface area contributed by atoms with Crippen molar-refractivity contribution in [2.45, 2.75) is 57.6 Å². The maximum atomic E-state index is 13.1. The average molecular weight is 425 g/mol. The lowest BCUT2D eigenvalue weighted by Crippen LogP contribution is -2.41. The van der Waals surface area contributed by atoms with E-state index in [-0.39, 0.29) is 11.7 Å². The third-order valence-corrected chi connectivity index (χ3v) is 6.73. The number of halogens is 1. The molecule has 0 saturated carbocycles. The lowest BCUT2D eigenvalue weighted by molar-refractivity contribution is 0.0713. The van der Waals surface area contributed by atoms with E-state index in [4.69, 9.17) is 4.74 Å². The Hall–Kier alpha value is -2.40. The zero-order valence-corrected chi connectivity index (χ0v) is 18.6. The average Bonchev–Trinajstić information content (AvgIpc) is 2.80. The highest BCUT2D eigenvalue weighted by molar-refractivity contribution is 5.94. The molecule has 1 amide bonds. The fourth-order valence-corrected chi connectivity index (χ4v) is 4.71. The largest absolute Gasteiger partial charge is 0.490 e. The molecule has 0 bridgehead atoms. The minimum Gasteiger partial charge on any atom is -0.490 e. The SMILES string of the molecule is CC(C)N1CCC(Oc2ccc(C3CCN(C(=O)c4ccc(F)cc4)CC3)cc2)CC1. The highest BCUT2D eigenvalue weighted by atomic mass is 19.1. The van der Waals surface area contributed by atoms with Crippen molar-refractivity contribution in [1.82, 2.24) is 9.80 Å². The lowest BCUT2D eigenvalue weighted by Gasteiger charge is -2.34. The molecule has 0 aliphatic carbocycles. The van der Waals surface area contributed by atoms with Crippen LogP contribution >= 0.6 is 0 Å². The molecule has 0 aromatic heterocycles. The highest BCUT2D eigenvalue weighted by Crippen LogP contribution is 2.30. The van der Waals surface area contributed by atoms with Crippen LogP contribution < -0.4 is 4.74 Å². The first-order chi connectivity index (χ1) is 15.0. The number of hydrogen-bond acceptors (Lipinski definition) is 3. The summed E-state index contributed by atoms with van der Waals surface area (Å²) in [5, 5.41) is 0. The smallest absolute Gasteiger partial charge is 0.253 e. The van der Waals surface area contributed by atoms with Gasteiger partial charge in [0.2, 0.25) is 0 Å². The van der Waals surface area contributed by atoms with E-state index in [1.54, 1.807) is 12.1 Å². The van der Waals surface area contributed by atoms with Gasteiger partial charge in [-0.1, -0.05) is 12.1 Å². The number of rotatable bonds is 5. The van der Waals surface area contributed by atoms with Gasteiger partial charge >= 0.3 is 0 Å². The summed E-state index contributed by atoms with van der Waals surface area (Å²) in [6, 6.07) is 15.0. The van der Waals surface area contributed by atoms with E-state index in [0.717, 1.165) is 57.6 Å². The Labute approximate surface area is 185 Å². The van der Waals surface area contributed by atoms with Gasteiger partial charge in [-0.3, -0.25) is 4.79 Å². The number of hydrogen-bond donors (Lipinski definition) is 0. The first-order valence-electron chi connectivity index (χ1n) is 11.5. The van der Waals surface area contributed by atoms with Crippen molar-refractivity contribution in [3.63, 3.8) is 0 Å². The second kappa shape index (κ2) is 9.82. The first kappa shape index (κ1) is 21.8. The Bertz CT molecular complexity index is 850. The molecule has 2 aliphatic rings. The van der Waals surface area contributed by atoms with Gasteiger partial charge in [0, 0.05) is 37.8 Å². The van der Waals surface area contributed by atoms with Crippen molar-refractivity contribution in [2.24, 2.45) is 0 Å².